The maximum atomic E-state index is 6.84. The third-order valence-electron chi connectivity index (χ3n) is 5.94. The topological polar surface area (TPSA) is 19.4 Å². The number of benzene rings is 1. The molecule has 3 heterocycles. The van der Waals surface area contributed by atoms with Crippen LogP contribution < -0.4 is 4.90 Å². The maximum absolute atomic E-state index is 6.84. The fourth-order valence-corrected chi connectivity index (χ4v) is 5.40. The van der Waals surface area contributed by atoms with Crippen molar-refractivity contribution >= 4 is 45.3 Å². The van der Waals surface area contributed by atoms with Crippen LogP contribution >= 0.6 is 34.5 Å². The Hall–Kier alpha value is -1.85. The monoisotopic (exact) mass is 455 g/mol. The van der Waals surface area contributed by atoms with Crippen LogP contribution in [0.3, 0.4) is 0 Å². The molecule has 1 fully saturated rings. The van der Waals surface area contributed by atoms with Crippen LogP contribution in [0.4, 0.5) is 5.69 Å². The van der Waals surface area contributed by atoms with E-state index in [2.05, 4.69) is 51.6 Å². The number of hydrogen-bond donors (Lipinski definition) is 0. The van der Waals surface area contributed by atoms with Crippen LogP contribution in [0.15, 0.2) is 59.5 Å². The summed E-state index contributed by atoms with van der Waals surface area (Å²) in [6.07, 6.45) is 1.95. The Labute approximate surface area is 191 Å². The van der Waals surface area contributed by atoms with Crippen molar-refractivity contribution in [3.8, 4) is 10.6 Å². The highest BCUT2D eigenvalue weighted by Crippen LogP contribution is 2.35. The SMILES string of the molecule is ClC1=C(CN2CCN(c3ccc(Cl)cc3)CC2)CCc2nc(-c3cccs3)ccc21. The number of pyridine rings is 1. The Balaban J connectivity index is 1.26. The van der Waals surface area contributed by atoms with Gasteiger partial charge in [-0.15, -0.1) is 11.3 Å². The van der Waals surface area contributed by atoms with Crippen LogP contribution in [0.5, 0.6) is 0 Å². The quantitative estimate of drug-likeness (QED) is 0.467. The van der Waals surface area contributed by atoms with Crippen molar-refractivity contribution < 1.29 is 0 Å². The van der Waals surface area contributed by atoms with Crippen molar-refractivity contribution in [1.29, 1.82) is 0 Å². The fraction of sp³-hybridized carbons (Fsp3) is 0.292. The summed E-state index contributed by atoms with van der Waals surface area (Å²) < 4.78 is 0. The molecule has 0 atom stereocenters. The van der Waals surface area contributed by atoms with Gasteiger partial charge >= 0.3 is 0 Å². The lowest BCUT2D eigenvalue weighted by Gasteiger charge is -2.37. The zero-order valence-corrected chi connectivity index (χ0v) is 19.0. The summed E-state index contributed by atoms with van der Waals surface area (Å²) in [5, 5.41) is 3.78. The predicted octanol–water partition coefficient (Wildman–Crippen LogP) is 6.18. The van der Waals surface area contributed by atoms with E-state index in [1.807, 2.05) is 12.1 Å². The molecule has 2 aliphatic rings. The van der Waals surface area contributed by atoms with Crippen molar-refractivity contribution in [3.05, 3.63) is 75.8 Å². The first-order valence-electron chi connectivity index (χ1n) is 10.3. The van der Waals surface area contributed by atoms with E-state index in [-0.39, 0.29) is 0 Å². The van der Waals surface area contributed by atoms with Gasteiger partial charge in [0.25, 0.3) is 0 Å². The van der Waals surface area contributed by atoms with E-state index in [0.29, 0.717) is 0 Å². The number of fused-ring (bicyclic) bond motifs is 1. The smallest absolute Gasteiger partial charge is 0.0805 e. The van der Waals surface area contributed by atoms with E-state index in [9.17, 15) is 0 Å². The van der Waals surface area contributed by atoms with Gasteiger partial charge in [0.15, 0.2) is 0 Å². The fourth-order valence-electron chi connectivity index (χ4n) is 4.26. The third kappa shape index (κ3) is 4.15. The van der Waals surface area contributed by atoms with Gasteiger partial charge in [-0.05, 0) is 66.3 Å². The number of thiophene rings is 1. The molecule has 5 rings (SSSR count). The van der Waals surface area contributed by atoms with Crippen LogP contribution in [0.25, 0.3) is 15.6 Å². The molecule has 30 heavy (non-hydrogen) atoms. The van der Waals surface area contributed by atoms with Gasteiger partial charge in [0.05, 0.1) is 21.3 Å². The molecule has 1 saturated heterocycles. The third-order valence-corrected chi connectivity index (χ3v) is 7.55. The van der Waals surface area contributed by atoms with E-state index < -0.39 is 0 Å². The summed E-state index contributed by atoms with van der Waals surface area (Å²) in [5.41, 5.74) is 5.88. The summed E-state index contributed by atoms with van der Waals surface area (Å²) in [4.78, 5) is 11.1. The number of anilines is 1. The van der Waals surface area contributed by atoms with Gasteiger partial charge < -0.3 is 4.90 Å². The summed E-state index contributed by atoms with van der Waals surface area (Å²) >= 11 is 14.6. The number of halogens is 2. The zero-order chi connectivity index (χ0) is 20.5. The van der Waals surface area contributed by atoms with Crippen molar-refractivity contribution in [3.63, 3.8) is 0 Å². The van der Waals surface area contributed by atoms with Gasteiger partial charge in [-0.1, -0.05) is 29.3 Å². The van der Waals surface area contributed by atoms with E-state index in [0.717, 1.165) is 72.6 Å². The molecule has 3 aromatic rings. The van der Waals surface area contributed by atoms with Gasteiger partial charge in [-0.2, -0.15) is 0 Å². The van der Waals surface area contributed by atoms with Gasteiger partial charge in [0.1, 0.15) is 0 Å². The van der Waals surface area contributed by atoms with Crippen LogP contribution in [0, 0.1) is 0 Å². The molecule has 1 aliphatic heterocycles. The normalized spacial score (nSPS) is 17.3. The van der Waals surface area contributed by atoms with Gasteiger partial charge in [0, 0.05) is 49.0 Å². The lowest BCUT2D eigenvalue weighted by molar-refractivity contribution is 0.276. The predicted molar refractivity (Wildman–Crippen MR) is 129 cm³/mol. The second kappa shape index (κ2) is 8.72. The first-order valence-corrected chi connectivity index (χ1v) is 12.0. The molecule has 0 saturated carbocycles. The van der Waals surface area contributed by atoms with E-state index in [4.69, 9.17) is 28.2 Å². The number of rotatable bonds is 4. The number of aryl methyl sites for hydroxylation is 1. The molecule has 0 spiro atoms. The Morgan fingerprint density at radius 1 is 0.900 bits per heavy atom. The summed E-state index contributed by atoms with van der Waals surface area (Å²) in [6, 6.07) is 16.6. The number of aromatic nitrogens is 1. The van der Waals surface area contributed by atoms with Crippen LogP contribution in [-0.2, 0) is 6.42 Å². The van der Waals surface area contributed by atoms with Crippen molar-refractivity contribution in [1.82, 2.24) is 9.88 Å². The molecule has 0 amide bonds. The zero-order valence-electron chi connectivity index (χ0n) is 16.7. The second-order valence-electron chi connectivity index (χ2n) is 7.83. The molecule has 0 radical (unpaired) electrons. The Morgan fingerprint density at radius 3 is 2.43 bits per heavy atom. The Morgan fingerprint density at radius 2 is 1.70 bits per heavy atom. The summed E-state index contributed by atoms with van der Waals surface area (Å²) in [5.74, 6) is 0. The highest BCUT2D eigenvalue weighted by atomic mass is 35.5. The lowest BCUT2D eigenvalue weighted by atomic mass is 9.95. The molecule has 6 heteroatoms. The first kappa shape index (κ1) is 20.1. The second-order valence-corrected chi connectivity index (χ2v) is 9.59. The molecule has 1 aromatic carbocycles. The highest BCUT2D eigenvalue weighted by molar-refractivity contribution is 7.13. The van der Waals surface area contributed by atoms with Crippen LogP contribution in [-0.4, -0.2) is 42.6 Å². The highest BCUT2D eigenvalue weighted by Gasteiger charge is 2.23. The van der Waals surface area contributed by atoms with E-state index >= 15 is 0 Å². The van der Waals surface area contributed by atoms with Gasteiger partial charge in [-0.3, -0.25) is 9.88 Å². The van der Waals surface area contributed by atoms with E-state index in [1.54, 1.807) is 11.3 Å². The number of piperazine rings is 1. The molecule has 2 aromatic heterocycles. The molecule has 0 N–H and O–H groups in total. The van der Waals surface area contributed by atoms with Gasteiger partial charge in [0.2, 0.25) is 0 Å². The van der Waals surface area contributed by atoms with Crippen LogP contribution in [0.1, 0.15) is 17.7 Å². The molecule has 0 bridgehead atoms. The Kier molecular flexibility index (Phi) is 5.83. The minimum Gasteiger partial charge on any atom is -0.369 e. The molecule has 3 nitrogen and oxygen atoms in total. The summed E-state index contributed by atoms with van der Waals surface area (Å²) in [7, 11) is 0. The van der Waals surface area contributed by atoms with Crippen molar-refractivity contribution in [2.75, 3.05) is 37.6 Å². The average Bonchev–Trinajstić information content (AvgIpc) is 3.32. The molecule has 0 unspecified atom stereocenters. The maximum Gasteiger partial charge on any atom is 0.0805 e. The lowest BCUT2D eigenvalue weighted by Crippen LogP contribution is -2.47. The van der Waals surface area contributed by atoms with Gasteiger partial charge in [-0.25, -0.2) is 0 Å². The van der Waals surface area contributed by atoms with Crippen molar-refractivity contribution in [2.45, 2.75) is 12.8 Å². The number of nitrogens with zero attached hydrogens (tertiary/aromatic N) is 3. The molecular formula is C24H23Cl2N3S. The van der Waals surface area contributed by atoms with Crippen LogP contribution in [0.2, 0.25) is 5.02 Å². The first-order chi connectivity index (χ1) is 14.7. The Bertz CT molecular complexity index is 1050. The summed E-state index contributed by atoms with van der Waals surface area (Å²) in [6.45, 7) is 5.07. The number of hydrogen-bond acceptors (Lipinski definition) is 4. The molecular weight excluding hydrogens is 433 g/mol. The molecule has 154 valence electrons. The minimum atomic E-state index is 0.786. The van der Waals surface area contributed by atoms with Crippen molar-refractivity contribution in [2.24, 2.45) is 0 Å². The average molecular weight is 456 g/mol. The minimum absolute atomic E-state index is 0.786. The molecule has 1 aliphatic carbocycles. The largest absolute Gasteiger partial charge is 0.369 e. The van der Waals surface area contributed by atoms with E-state index in [1.165, 1.54) is 16.1 Å². The standard InChI is InChI=1S/C24H23Cl2N3S/c25-18-4-6-19(7-5-18)29-13-11-28(12-14-29)16-17-3-9-21-20(24(17)26)8-10-22(27-21)23-2-1-15-30-23/h1-2,4-8,10,15H,3,9,11-14,16H2.